The van der Waals surface area contributed by atoms with Gasteiger partial charge in [0.05, 0.1) is 27.1 Å². The van der Waals surface area contributed by atoms with Crippen molar-refractivity contribution in [2.75, 3.05) is 26.0 Å². The molecule has 0 fully saturated rings. The van der Waals surface area contributed by atoms with Crippen molar-refractivity contribution in [3.05, 3.63) is 49.8 Å². The third-order valence-corrected chi connectivity index (χ3v) is 5.57. The summed E-state index contributed by atoms with van der Waals surface area (Å²) in [5.74, 6) is -1.35. The van der Waals surface area contributed by atoms with Crippen LogP contribution in [0.3, 0.4) is 0 Å². The van der Waals surface area contributed by atoms with Crippen LogP contribution in [-0.4, -0.2) is 43.4 Å². The van der Waals surface area contributed by atoms with E-state index in [9.17, 15) is 14.4 Å². The number of carbonyl (C=O) groups excluding carboxylic acids is 3. The highest BCUT2D eigenvalue weighted by atomic mass is 35.5. The maximum atomic E-state index is 12.6. The number of anilines is 1. The predicted octanol–water partition coefficient (Wildman–Crippen LogP) is 4.49. The van der Waals surface area contributed by atoms with Crippen LogP contribution in [-0.2, 0) is 4.74 Å². The molecule has 2 aromatic rings. The van der Waals surface area contributed by atoms with E-state index in [-0.39, 0.29) is 33.7 Å². The number of nitrogens with zero attached hydrogens (tertiary/aromatic N) is 1. The number of carbonyl (C=O) groups is 3. The van der Waals surface area contributed by atoms with E-state index in [1.54, 1.807) is 27.9 Å². The van der Waals surface area contributed by atoms with Crippen molar-refractivity contribution < 1.29 is 19.1 Å². The Kier molecular flexibility index (Phi) is 6.86. The molecule has 0 radical (unpaired) electrons. The number of thiophene rings is 1. The number of halogens is 2. The molecule has 1 aromatic heterocycles. The third kappa shape index (κ3) is 4.61. The molecule has 0 bridgehead atoms. The number of esters is 1. The molecule has 0 aliphatic rings. The molecule has 1 heterocycles. The van der Waals surface area contributed by atoms with E-state index >= 15 is 0 Å². The highest BCUT2D eigenvalue weighted by Gasteiger charge is 2.27. The summed E-state index contributed by atoms with van der Waals surface area (Å²) in [5, 5.41) is 3.48. The van der Waals surface area contributed by atoms with Crippen LogP contribution in [0.4, 0.5) is 5.00 Å². The first kappa shape index (κ1) is 21.2. The number of hydrogen-bond acceptors (Lipinski definition) is 5. The maximum Gasteiger partial charge on any atom is 0.341 e. The lowest BCUT2D eigenvalue weighted by Crippen LogP contribution is -2.21. The van der Waals surface area contributed by atoms with Crippen molar-refractivity contribution >= 4 is 57.3 Å². The lowest BCUT2D eigenvalue weighted by Gasteiger charge is -2.09. The summed E-state index contributed by atoms with van der Waals surface area (Å²) in [5.41, 5.74) is 0.896. The van der Waals surface area contributed by atoms with E-state index in [1.807, 2.05) is 0 Å². The fraction of sp³-hybridized carbons (Fsp3) is 0.278. The van der Waals surface area contributed by atoms with Crippen molar-refractivity contribution in [1.29, 1.82) is 0 Å². The molecule has 2 amide bonds. The van der Waals surface area contributed by atoms with Gasteiger partial charge in [-0.3, -0.25) is 9.59 Å². The zero-order valence-corrected chi connectivity index (χ0v) is 17.5. The van der Waals surface area contributed by atoms with Gasteiger partial charge in [-0.15, -0.1) is 11.3 Å². The van der Waals surface area contributed by atoms with Gasteiger partial charge >= 0.3 is 5.97 Å². The molecule has 9 heteroatoms. The lowest BCUT2D eigenvalue weighted by molar-refractivity contribution is 0.0527. The molecule has 27 heavy (non-hydrogen) atoms. The monoisotopic (exact) mass is 428 g/mol. The van der Waals surface area contributed by atoms with Gasteiger partial charge in [0.15, 0.2) is 0 Å². The average Bonchev–Trinajstić information content (AvgIpc) is 2.92. The van der Waals surface area contributed by atoms with E-state index in [1.165, 1.54) is 23.1 Å². The van der Waals surface area contributed by atoms with Crippen molar-refractivity contribution in [2.24, 2.45) is 0 Å². The molecule has 0 unspecified atom stereocenters. The van der Waals surface area contributed by atoms with Gasteiger partial charge in [-0.1, -0.05) is 23.2 Å². The molecule has 0 saturated heterocycles. The summed E-state index contributed by atoms with van der Waals surface area (Å²) in [7, 11) is 3.22. The number of amides is 2. The predicted molar refractivity (Wildman–Crippen MR) is 107 cm³/mol. The highest BCUT2D eigenvalue weighted by molar-refractivity contribution is 7.18. The average molecular weight is 429 g/mol. The highest BCUT2D eigenvalue weighted by Crippen LogP contribution is 2.35. The van der Waals surface area contributed by atoms with E-state index in [4.69, 9.17) is 27.9 Å². The van der Waals surface area contributed by atoms with Gasteiger partial charge in [0.1, 0.15) is 5.00 Å². The van der Waals surface area contributed by atoms with Crippen LogP contribution in [0.15, 0.2) is 18.2 Å². The molecule has 0 saturated carbocycles. The summed E-state index contributed by atoms with van der Waals surface area (Å²) in [6.07, 6.45) is 0. The van der Waals surface area contributed by atoms with Crippen molar-refractivity contribution in [3.63, 3.8) is 0 Å². The van der Waals surface area contributed by atoms with Crippen LogP contribution in [0.2, 0.25) is 10.0 Å². The van der Waals surface area contributed by atoms with Gasteiger partial charge in [-0.2, -0.15) is 0 Å². The normalized spacial score (nSPS) is 10.4. The molecular formula is C18H18Cl2N2O4S. The molecule has 1 aromatic carbocycles. The minimum atomic E-state index is -0.603. The van der Waals surface area contributed by atoms with Gasteiger partial charge in [-0.05, 0) is 37.6 Å². The van der Waals surface area contributed by atoms with Gasteiger partial charge in [0.2, 0.25) is 0 Å². The van der Waals surface area contributed by atoms with Crippen molar-refractivity contribution in [2.45, 2.75) is 13.8 Å². The molecule has 2 rings (SSSR count). The van der Waals surface area contributed by atoms with E-state index < -0.39 is 11.9 Å². The van der Waals surface area contributed by atoms with E-state index in [0.717, 1.165) is 11.3 Å². The SMILES string of the molecule is CCOC(=O)c1c(NC(=O)c2ccc(Cl)c(Cl)c2)sc(C(=O)N(C)C)c1C. The molecule has 0 atom stereocenters. The van der Waals surface area contributed by atoms with Gasteiger partial charge in [0.25, 0.3) is 11.8 Å². The summed E-state index contributed by atoms with van der Waals surface area (Å²) in [4.78, 5) is 39.1. The van der Waals surface area contributed by atoms with Crippen LogP contribution in [0.5, 0.6) is 0 Å². The number of benzene rings is 1. The molecule has 0 spiro atoms. The topological polar surface area (TPSA) is 75.7 Å². The summed E-state index contributed by atoms with van der Waals surface area (Å²) >= 11 is 12.9. The van der Waals surface area contributed by atoms with E-state index in [0.29, 0.717) is 15.5 Å². The molecular weight excluding hydrogens is 411 g/mol. The van der Waals surface area contributed by atoms with Crippen LogP contribution in [0, 0.1) is 6.92 Å². The first-order chi connectivity index (χ1) is 12.7. The zero-order valence-electron chi connectivity index (χ0n) is 15.2. The zero-order chi connectivity index (χ0) is 20.3. The molecule has 0 aliphatic heterocycles. The maximum absolute atomic E-state index is 12.6. The number of nitrogens with one attached hydrogen (secondary N) is 1. The Morgan fingerprint density at radius 2 is 1.85 bits per heavy atom. The Morgan fingerprint density at radius 1 is 1.19 bits per heavy atom. The van der Waals surface area contributed by atoms with Crippen molar-refractivity contribution in [1.82, 2.24) is 4.90 Å². The minimum absolute atomic E-state index is 0.167. The Morgan fingerprint density at radius 3 is 2.41 bits per heavy atom. The van der Waals surface area contributed by atoms with Crippen molar-refractivity contribution in [3.8, 4) is 0 Å². The Hall–Kier alpha value is -2.09. The van der Waals surface area contributed by atoms with Crippen LogP contribution in [0.1, 0.15) is 42.9 Å². The fourth-order valence-electron chi connectivity index (χ4n) is 2.27. The minimum Gasteiger partial charge on any atom is -0.462 e. The second-order valence-corrected chi connectivity index (χ2v) is 7.60. The number of ether oxygens (including phenoxy) is 1. The molecule has 6 nitrogen and oxygen atoms in total. The molecule has 144 valence electrons. The molecule has 0 aliphatic carbocycles. The second-order valence-electron chi connectivity index (χ2n) is 5.76. The largest absolute Gasteiger partial charge is 0.462 e. The van der Waals surface area contributed by atoms with Crippen LogP contribution < -0.4 is 5.32 Å². The second kappa shape index (κ2) is 8.73. The van der Waals surface area contributed by atoms with E-state index in [2.05, 4.69) is 5.32 Å². The first-order valence-electron chi connectivity index (χ1n) is 7.95. The number of hydrogen-bond donors (Lipinski definition) is 1. The summed E-state index contributed by atoms with van der Waals surface area (Å²) in [6.45, 7) is 3.50. The first-order valence-corrected chi connectivity index (χ1v) is 9.53. The molecule has 1 N–H and O–H groups in total. The lowest BCUT2D eigenvalue weighted by atomic mass is 10.1. The Balaban J connectivity index is 2.45. The van der Waals surface area contributed by atoms with Gasteiger partial charge < -0.3 is 15.0 Å². The third-order valence-electron chi connectivity index (χ3n) is 3.64. The quantitative estimate of drug-likeness (QED) is 0.711. The summed E-state index contributed by atoms with van der Waals surface area (Å²) in [6, 6.07) is 4.45. The Bertz CT molecular complexity index is 909. The standard InChI is InChI=1S/C18H18Cl2N2O4S/c1-5-26-18(25)13-9(2)14(17(24)22(3)4)27-16(13)21-15(23)10-6-7-11(19)12(20)8-10/h6-8H,5H2,1-4H3,(H,21,23). The summed E-state index contributed by atoms with van der Waals surface area (Å²) < 4.78 is 5.08. The van der Waals surface area contributed by atoms with Crippen LogP contribution in [0.25, 0.3) is 0 Å². The number of rotatable bonds is 5. The van der Waals surface area contributed by atoms with Gasteiger partial charge in [-0.25, -0.2) is 4.79 Å². The fourth-order valence-corrected chi connectivity index (χ4v) is 3.78. The smallest absolute Gasteiger partial charge is 0.341 e. The van der Waals surface area contributed by atoms with Gasteiger partial charge in [0, 0.05) is 19.7 Å². The van der Waals surface area contributed by atoms with Crippen LogP contribution >= 0.6 is 34.5 Å². The Labute approximate surface area is 171 Å².